The van der Waals surface area contributed by atoms with Crippen LogP contribution >= 0.6 is 0 Å². The maximum Gasteiger partial charge on any atom is 0.120 e. The zero-order valence-electron chi connectivity index (χ0n) is 9.73. The number of ether oxygens (including phenoxy) is 1. The molecule has 1 aliphatic heterocycles. The summed E-state index contributed by atoms with van der Waals surface area (Å²) in [6.07, 6.45) is -0.361. The van der Waals surface area contributed by atoms with Crippen molar-refractivity contribution >= 4 is 0 Å². The van der Waals surface area contributed by atoms with Crippen molar-refractivity contribution in [2.45, 2.75) is 39.5 Å². The molecule has 1 rings (SSSR count). The second-order valence-electron chi connectivity index (χ2n) is 5.06. The number of nitrogens with zero attached hydrogens (tertiary/aromatic N) is 2. The van der Waals surface area contributed by atoms with Crippen molar-refractivity contribution in [1.29, 1.82) is 5.26 Å². The Balaban J connectivity index is 2.53. The number of morpholine rings is 1. The lowest BCUT2D eigenvalue weighted by Crippen LogP contribution is -2.51. The van der Waals surface area contributed by atoms with Crippen molar-refractivity contribution in [3.8, 4) is 6.07 Å². The van der Waals surface area contributed by atoms with Gasteiger partial charge in [0.2, 0.25) is 0 Å². The van der Waals surface area contributed by atoms with E-state index in [9.17, 15) is 5.11 Å². The van der Waals surface area contributed by atoms with Gasteiger partial charge in [-0.1, -0.05) is 20.8 Å². The van der Waals surface area contributed by atoms with E-state index in [1.54, 1.807) is 0 Å². The van der Waals surface area contributed by atoms with Crippen molar-refractivity contribution in [3.05, 3.63) is 0 Å². The van der Waals surface area contributed by atoms with Crippen LogP contribution in [0.3, 0.4) is 0 Å². The molecule has 4 heteroatoms. The van der Waals surface area contributed by atoms with Crippen LogP contribution < -0.4 is 0 Å². The van der Waals surface area contributed by atoms with E-state index in [4.69, 9.17) is 10.00 Å². The molecule has 1 heterocycles. The minimum Gasteiger partial charge on any atom is -0.377 e. The molecule has 0 aromatic heterocycles. The lowest BCUT2D eigenvalue weighted by Gasteiger charge is -2.40. The molecule has 1 N–H and O–H groups in total. The standard InChI is InChI=1S/C11H20N2O2/c1-11(2,3)9-8-13(6-7-15-9)10(14)4-5-12/h9-10,14H,4,6-8H2,1-3H3. The van der Waals surface area contributed by atoms with Gasteiger partial charge in [-0.15, -0.1) is 0 Å². The summed E-state index contributed by atoms with van der Waals surface area (Å²) < 4.78 is 5.67. The summed E-state index contributed by atoms with van der Waals surface area (Å²) in [7, 11) is 0. The highest BCUT2D eigenvalue weighted by molar-refractivity contribution is 4.84. The minimum absolute atomic E-state index is 0.0744. The van der Waals surface area contributed by atoms with Crippen LogP contribution in [0.25, 0.3) is 0 Å². The quantitative estimate of drug-likeness (QED) is 0.741. The van der Waals surface area contributed by atoms with E-state index in [2.05, 4.69) is 20.8 Å². The Hall–Kier alpha value is -0.630. The first kappa shape index (κ1) is 12.4. The Morgan fingerprint density at radius 1 is 1.60 bits per heavy atom. The predicted molar refractivity (Wildman–Crippen MR) is 57.0 cm³/mol. The van der Waals surface area contributed by atoms with Gasteiger partial charge in [0, 0.05) is 13.1 Å². The van der Waals surface area contributed by atoms with Crippen LogP contribution in [0.4, 0.5) is 0 Å². The summed E-state index contributed by atoms with van der Waals surface area (Å²) in [4.78, 5) is 1.92. The second-order valence-corrected chi connectivity index (χ2v) is 5.06. The molecule has 0 spiro atoms. The molecule has 2 unspecified atom stereocenters. The molecule has 0 aromatic carbocycles. The molecule has 0 bridgehead atoms. The molecule has 2 atom stereocenters. The van der Waals surface area contributed by atoms with Gasteiger partial charge in [0.05, 0.1) is 25.2 Å². The number of aliphatic hydroxyl groups is 1. The summed E-state index contributed by atoms with van der Waals surface area (Å²) in [5.74, 6) is 0. The molecule has 0 radical (unpaired) electrons. The van der Waals surface area contributed by atoms with E-state index in [0.717, 1.165) is 0 Å². The molecule has 4 nitrogen and oxygen atoms in total. The van der Waals surface area contributed by atoms with Crippen molar-refractivity contribution in [2.24, 2.45) is 5.41 Å². The van der Waals surface area contributed by atoms with Crippen LogP contribution in [-0.4, -0.2) is 42.0 Å². The van der Waals surface area contributed by atoms with E-state index in [1.807, 2.05) is 11.0 Å². The Morgan fingerprint density at radius 3 is 2.80 bits per heavy atom. The molecule has 1 saturated heterocycles. The van der Waals surface area contributed by atoms with Crippen LogP contribution in [0, 0.1) is 16.7 Å². The third-order valence-corrected chi connectivity index (χ3v) is 2.76. The van der Waals surface area contributed by atoms with Crippen LogP contribution in [0.1, 0.15) is 27.2 Å². The number of hydrogen-bond donors (Lipinski definition) is 1. The Kier molecular flexibility index (Phi) is 4.09. The van der Waals surface area contributed by atoms with Gasteiger partial charge in [0.15, 0.2) is 0 Å². The minimum atomic E-state index is -0.649. The van der Waals surface area contributed by atoms with Gasteiger partial charge in [0.25, 0.3) is 0 Å². The van der Waals surface area contributed by atoms with Crippen LogP contribution in [-0.2, 0) is 4.74 Å². The zero-order chi connectivity index (χ0) is 11.5. The highest BCUT2D eigenvalue weighted by Gasteiger charge is 2.32. The van der Waals surface area contributed by atoms with Gasteiger partial charge in [-0.2, -0.15) is 5.26 Å². The lowest BCUT2D eigenvalue weighted by atomic mass is 9.88. The van der Waals surface area contributed by atoms with Crippen LogP contribution in [0.5, 0.6) is 0 Å². The maximum absolute atomic E-state index is 9.71. The predicted octanol–water partition coefficient (Wildman–Crippen LogP) is 0.965. The number of hydrogen-bond acceptors (Lipinski definition) is 4. The monoisotopic (exact) mass is 212 g/mol. The highest BCUT2D eigenvalue weighted by Crippen LogP contribution is 2.26. The fraction of sp³-hybridized carbons (Fsp3) is 0.909. The SMILES string of the molecule is CC(C)(C)C1CN(C(O)CC#N)CCO1. The molecular weight excluding hydrogens is 192 g/mol. The van der Waals surface area contributed by atoms with Crippen LogP contribution in [0.15, 0.2) is 0 Å². The first-order valence-corrected chi connectivity index (χ1v) is 5.36. The number of aliphatic hydroxyl groups excluding tert-OH is 1. The Labute approximate surface area is 91.4 Å². The molecule has 1 fully saturated rings. The number of nitriles is 1. The highest BCUT2D eigenvalue weighted by atomic mass is 16.5. The third-order valence-electron chi connectivity index (χ3n) is 2.76. The molecule has 0 aliphatic carbocycles. The number of rotatable bonds is 2. The fourth-order valence-corrected chi connectivity index (χ4v) is 1.67. The fourth-order valence-electron chi connectivity index (χ4n) is 1.67. The van der Waals surface area contributed by atoms with Crippen molar-refractivity contribution in [2.75, 3.05) is 19.7 Å². The molecule has 15 heavy (non-hydrogen) atoms. The maximum atomic E-state index is 9.71. The van der Waals surface area contributed by atoms with Crippen LogP contribution in [0.2, 0.25) is 0 Å². The van der Waals surface area contributed by atoms with Gasteiger partial charge in [0.1, 0.15) is 6.23 Å². The largest absolute Gasteiger partial charge is 0.377 e. The van der Waals surface area contributed by atoms with Gasteiger partial charge < -0.3 is 9.84 Å². The smallest absolute Gasteiger partial charge is 0.120 e. The van der Waals surface area contributed by atoms with E-state index in [-0.39, 0.29) is 17.9 Å². The second kappa shape index (κ2) is 4.93. The van der Waals surface area contributed by atoms with Crippen molar-refractivity contribution in [3.63, 3.8) is 0 Å². The summed E-state index contributed by atoms with van der Waals surface area (Å²) >= 11 is 0. The first-order chi connectivity index (χ1) is 6.95. The van der Waals surface area contributed by atoms with E-state index >= 15 is 0 Å². The van der Waals surface area contributed by atoms with E-state index in [0.29, 0.717) is 19.7 Å². The molecule has 86 valence electrons. The van der Waals surface area contributed by atoms with Gasteiger partial charge in [-0.3, -0.25) is 4.90 Å². The Morgan fingerprint density at radius 2 is 2.27 bits per heavy atom. The summed E-state index contributed by atoms with van der Waals surface area (Å²) in [5, 5.41) is 18.2. The average molecular weight is 212 g/mol. The van der Waals surface area contributed by atoms with Crippen molar-refractivity contribution < 1.29 is 9.84 Å². The van der Waals surface area contributed by atoms with Crippen molar-refractivity contribution in [1.82, 2.24) is 4.90 Å². The van der Waals surface area contributed by atoms with Gasteiger partial charge >= 0.3 is 0 Å². The lowest BCUT2D eigenvalue weighted by molar-refractivity contribution is -0.122. The summed E-state index contributed by atoms with van der Waals surface area (Å²) in [5.41, 5.74) is 0.0744. The summed E-state index contributed by atoms with van der Waals surface area (Å²) in [6, 6.07) is 1.99. The average Bonchev–Trinajstić information content (AvgIpc) is 2.17. The molecule has 1 aliphatic rings. The van der Waals surface area contributed by atoms with E-state index < -0.39 is 6.23 Å². The third kappa shape index (κ3) is 3.45. The topological polar surface area (TPSA) is 56.5 Å². The van der Waals surface area contributed by atoms with E-state index in [1.165, 1.54) is 0 Å². The first-order valence-electron chi connectivity index (χ1n) is 5.36. The van der Waals surface area contributed by atoms with Gasteiger partial charge in [-0.05, 0) is 5.41 Å². The molecule has 0 aromatic rings. The molecule has 0 saturated carbocycles. The zero-order valence-corrected chi connectivity index (χ0v) is 9.73. The molecule has 0 amide bonds. The summed E-state index contributed by atoms with van der Waals surface area (Å²) in [6.45, 7) is 8.40. The normalized spacial score (nSPS) is 25.9. The molecular formula is C11H20N2O2. The Bertz CT molecular complexity index is 242. The van der Waals surface area contributed by atoms with Gasteiger partial charge in [-0.25, -0.2) is 0 Å².